The second-order valence-corrected chi connectivity index (χ2v) is 9.66. The lowest BCUT2D eigenvalue weighted by Crippen LogP contribution is -2.57. The Morgan fingerprint density at radius 2 is 2.14 bits per heavy atom. The van der Waals surface area contributed by atoms with Gasteiger partial charge in [0.2, 0.25) is 0 Å². The maximum absolute atomic E-state index is 13.0. The van der Waals surface area contributed by atoms with E-state index in [1.54, 1.807) is 42.4 Å². The molecule has 2 aromatic rings. The Bertz CT molecular complexity index is 1140. The third-order valence-electron chi connectivity index (χ3n) is 5.97. The van der Waals surface area contributed by atoms with Gasteiger partial charge in [-0.05, 0) is 24.6 Å². The van der Waals surface area contributed by atoms with Gasteiger partial charge in [0.15, 0.2) is 20.7 Å². The highest BCUT2D eigenvalue weighted by Crippen LogP contribution is 2.51. The van der Waals surface area contributed by atoms with Crippen molar-refractivity contribution in [3.8, 4) is 6.07 Å². The van der Waals surface area contributed by atoms with Gasteiger partial charge in [-0.25, -0.2) is 4.79 Å². The van der Waals surface area contributed by atoms with E-state index in [1.807, 2.05) is 25.7 Å². The number of rotatable bonds is 9. The number of hydrogen-bond donors (Lipinski definition) is 1. The molecule has 4 rings (SSSR count). The first-order valence-corrected chi connectivity index (χ1v) is 12.9. The fraction of sp³-hybridized carbons (Fsp3) is 0.478. The van der Waals surface area contributed by atoms with Crippen LogP contribution in [0.4, 0.5) is 5.82 Å². The first-order chi connectivity index (χ1) is 16.9. The van der Waals surface area contributed by atoms with Crippen molar-refractivity contribution in [1.29, 1.82) is 5.26 Å². The third kappa shape index (κ3) is 5.43. The molecule has 1 aromatic carbocycles. The van der Waals surface area contributed by atoms with Gasteiger partial charge in [0.1, 0.15) is 17.5 Å². The van der Waals surface area contributed by atoms with Gasteiger partial charge >= 0.3 is 5.69 Å². The van der Waals surface area contributed by atoms with Gasteiger partial charge in [-0.3, -0.25) is 14.2 Å². The van der Waals surface area contributed by atoms with Crippen LogP contribution in [-0.2, 0) is 18.6 Å². The van der Waals surface area contributed by atoms with Crippen LogP contribution in [0, 0.1) is 11.3 Å². The lowest BCUT2D eigenvalue weighted by Gasteiger charge is -2.42. The van der Waals surface area contributed by atoms with Crippen LogP contribution < -0.4 is 11.0 Å². The summed E-state index contributed by atoms with van der Waals surface area (Å²) in [7, 11) is 0.513. The molecule has 2 fully saturated rings. The molecule has 1 amide bonds. The van der Waals surface area contributed by atoms with Gasteiger partial charge in [0.25, 0.3) is 5.91 Å². The first-order valence-electron chi connectivity index (χ1n) is 11.3. The summed E-state index contributed by atoms with van der Waals surface area (Å²) < 4.78 is 19.7. The van der Waals surface area contributed by atoms with Crippen LogP contribution in [0.3, 0.4) is 0 Å². The van der Waals surface area contributed by atoms with Crippen molar-refractivity contribution < 1.29 is 23.4 Å². The summed E-state index contributed by atoms with van der Waals surface area (Å²) in [6.07, 6.45) is 0.525. The second kappa shape index (κ2) is 10.9. The average Bonchev–Trinajstić information content (AvgIpc) is 3.02. The highest BCUT2D eigenvalue weighted by atomic mass is 31.2. The summed E-state index contributed by atoms with van der Waals surface area (Å²) in [5.41, 5.74) is -0.855. The highest BCUT2D eigenvalue weighted by Gasteiger charge is 2.61. The van der Waals surface area contributed by atoms with Crippen molar-refractivity contribution in [2.75, 3.05) is 32.2 Å². The standard InChI is InChI=1S/C23H28N5O6P/c1-4-23-15-27(2)33-18(19(23)34-35(3)31-14-8-12-24)21(32-23)28-13-11-17(26-22(28)30)25-20(29)16-9-6-5-7-10-16/h5-7,9-11,13,18-19,21H,4,8,14-15H2,1-3H3,(H,25,26,29,30)/t18-,19+,21-,23+,35?/m1/s1. The van der Waals surface area contributed by atoms with E-state index in [1.165, 1.54) is 10.8 Å². The Morgan fingerprint density at radius 3 is 2.83 bits per heavy atom. The third-order valence-corrected chi connectivity index (χ3v) is 7.04. The van der Waals surface area contributed by atoms with E-state index in [4.69, 9.17) is 23.9 Å². The summed E-state index contributed by atoms with van der Waals surface area (Å²) in [4.78, 5) is 35.5. The molecule has 2 bridgehead atoms. The molecule has 0 saturated carbocycles. The summed E-state index contributed by atoms with van der Waals surface area (Å²) >= 11 is 0. The minimum Gasteiger partial charge on any atom is -0.344 e. The zero-order valence-corrected chi connectivity index (χ0v) is 20.7. The van der Waals surface area contributed by atoms with Crippen molar-refractivity contribution in [3.63, 3.8) is 0 Å². The molecule has 186 valence electrons. The lowest BCUT2D eigenvalue weighted by atomic mass is 9.91. The molecule has 2 aliphatic rings. The van der Waals surface area contributed by atoms with Gasteiger partial charge in [0.05, 0.1) is 25.6 Å². The molecule has 0 radical (unpaired) electrons. The Labute approximate surface area is 204 Å². The lowest BCUT2D eigenvalue weighted by molar-refractivity contribution is -0.247. The monoisotopic (exact) mass is 501 g/mol. The molecule has 1 N–H and O–H groups in total. The smallest absolute Gasteiger partial charge is 0.344 e. The van der Waals surface area contributed by atoms with Crippen LogP contribution in [0.15, 0.2) is 47.4 Å². The van der Waals surface area contributed by atoms with E-state index in [0.29, 0.717) is 18.5 Å². The number of aromatic nitrogens is 2. The molecular formula is C23H28N5O6P. The summed E-state index contributed by atoms with van der Waals surface area (Å²) in [6.45, 7) is 4.53. The quantitative estimate of drug-likeness (QED) is 0.407. The molecule has 1 unspecified atom stereocenters. The van der Waals surface area contributed by atoms with E-state index in [2.05, 4.69) is 10.3 Å². The number of hydrogen-bond acceptors (Lipinski definition) is 9. The van der Waals surface area contributed by atoms with Crippen LogP contribution in [-0.4, -0.2) is 65.2 Å². The fourth-order valence-corrected chi connectivity index (χ4v) is 5.35. The van der Waals surface area contributed by atoms with E-state index in [9.17, 15) is 9.59 Å². The zero-order valence-electron chi connectivity index (χ0n) is 19.8. The number of fused-ring (bicyclic) bond motifs is 2. The van der Waals surface area contributed by atoms with E-state index < -0.39 is 38.1 Å². The van der Waals surface area contributed by atoms with Crippen molar-refractivity contribution in [2.45, 2.75) is 43.8 Å². The molecule has 35 heavy (non-hydrogen) atoms. The Kier molecular flexibility index (Phi) is 7.91. The number of hydroxylamine groups is 2. The number of likely N-dealkylation sites (N-methyl/N-ethyl adjacent to an activating group) is 1. The van der Waals surface area contributed by atoms with Gasteiger partial charge in [-0.15, -0.1) is 0 Å². The minimum absolute atomic E-state index is 0.139. The maximum atomic E-state index is 13.0. The molecule has 2 aliphatic heterocycles. The van der Waals surface area contributed by atoms with Gasteiger partial charge in [-0.2, -0.15) is 15.3 Å². The molecule has 0 aliphatic carbocycles. The predicted molar refractivity (Wildman–Crippen MR) is 127 cm³/mol. The highest BCUT2D eigenvalue weighted by molar-refractivity contribution is 7.46. The Hall–Kier alpha value is -2.71. The van der Waals surface area contributed by atoms with Crippen LogP contribution in [0.1, 0.15) is 36.4 Å². The largest absolute Gasteiger partial charge is 0.351 e. The SMILES string of the molecule is CC[C@@]12CN(C)O[C@@H]([C@H](n3ccc(NC(=O)c4ccccc4)nc3=O)O1)[C@@H]2OP(C)OCCC#N. The van der Waals surface area contributed by atoms with Crippen LogP contribution >= 0.6 is 8.38 Å². The number of ether oxygens (including phenoxy) is 1. The molecule has 5 atom stereocenters. The van der Waals surface area contributed by atoms with Gasteiger partial charge in [0, 0.05) is 25.5 Å². The maximum Gasteiger partial charge on any atom is 0.351 e. The van der Waals surface area contributed by atoms with E-state index in [-0.39, 0.29) is 24.8 Å². The van der Waals surface area contributed by atoms with Gasteiger partial charge in [-0.1, -0.05) is 25.1 Å². The summed E-state index contributed by atoms with van der Waals surface area (Å²) in [5, 5.41) is 13.1. The van der Waals surface area contributed by atoms with E-state index >= 15 is 0 Å². The molecular weight excluding hydrogens is 473 g/mol. The normalized spacial score (nSPS) is 26.7. The van der Waals surface area contributed by atoms with Crippen molar-refractivity contribution in [2.24, 2.45) is 0 Å². The molecule has 2 saturated heterocycles. The number of nitrogens with one attached hydrogen (secondary N) is 1. The van der Waals surface area contributed by atoms with Crippen LogP contribution in [0.25, 0.3) is 0 Å². The second-order valence-electron chi connectivity index (χ2n) is 8.31. The molecule has 3 heterocycles. The number of carbonyl (C=O) groups is 1. The molecule has 1 aromatic heterocycles. The number of nitriles is 1. The molecule has 12 heteroatoms. The zero-order chi connectivity index (χ0) is 25.0. The number of anilines is 1. The van der Waals surface area contributed by atoms with Crippen LogP contribution in [0.2, 0.25) is 0 Å². The van der Waals surface area contributed by atoms with Crippen molar-refractivity contribution in [3.05, 3.63) is 58.6 Å². The minimum atomic E-state index is -1.29. The Balaban J connectivity index is 1.54. The van der Waals surface area contributed by atoms with Crippen LogP contribution in [0.5, 0.6) is 0 Å². The van der Waals surface area contributed by atoms with E-state index in [0.717, 1.165) is 0 Å². The first kappa shape index (κ1) is 25.4. The number of nitrogens with zero attached hydrogens (tertiary/aromatic N) is 4. The predicted octanol–water partition coefficient (Wildman–Crippen LogP) is 2.68. The number of amides is 1. The molecule has 11 nitrogen and oxygen atoms in total. The van der Waals surface area contributed by atoms with Gasteiger partial charge < -0.3 is 19.1 Å². The topological polar surface area (TPSA) is 128 Å². The Morgan fingerprint density at radius 1 is 1.37 bits per heavy atom. The number of carbonyl (C=O) groups excluding carboxylic acids is 1. The number of benzene rings is 1. The summed E-state index contributed by atoms with van der Waals surface area (Å²) in [6, 6.07) is 12.3. The molecule has 0 spiro atoms. The summed E-state index contributed by atoms with van der Waals surface area (Å²) in [5.74, 6) is -0.223. The van der Waals surface area contributed by atoms with Crippen molar-refractivity contribution in [1.82, 2.24) is 14.6 Å². The van der Waals surface area contributed by atoms with Crippen molar-refractivity contribution >= 4 is 20.1 Å². The average molecular weight is 501 g/mol. The fourth-order valence-electron chi connectivity index (χ4n) is 4.31.